The number of hydrogen-bond donors (Lipinski definition) is 1. The molecule has 176 valence electrons. The second-order valence-electron chi connectivity index (χ2n) is 7.38. The van der Waals surface area contributed by atoms with Crippen LogP contribution in [-0.2, 0) is 27.8 Å². The molecule has 12 heteroatoms. The van der Waals surface area contributed by atoms with Gasteiger partial charge in [0.2, 0.25) is 0 Å². The summed E-state index contributed by atoms with van der Waals surface area (Å²) in [7, 11) is -4.58. The molecule has 0 saturated carbocycles. The van der Waals surface area contributed by atoms with Crippen LogP contribution in [0, 0.1) is 11.6 Å². The van der Waals surface area contributed by atoms with Crippen molar-refractivity contribution in [3.05, 3.63) is 71.4 Å². The summed E-state index contributed by atoms with van der Waals surface area (Å²) in [6, 6.07) is 5.55. The summed E-state index contributed by atoms with van der Waals surface area (Å²) in [5.41, 5.74) is 5.85. The van der Waals surface area contributed by atoms with Gasteiger partial charge in [0.15, 0.2) is 5.03 Å². The Morgan fingerprint density at radius 3 is 2.48 bits per heavy atom. The van der Waals surface area contributed by atoms with Crippen LogP contribution in [0.2, 0.25) is 0 Å². The van der Waals surface area contributed by atoms with Gasteiger partial charge in [0.05, 0.1) is 12.2 Å². The van der Waals surface area contributed by atoms with Crippen molar-refractivity contribution in [1.82, 2.24) is 14.5 Å². The number of rotatable bonds is 9. The first-order chi connectivity index (χ1) is 15.6. The molecule has 0 aliphatic rings. The van der Waals surface area contributed by atoms with E-state index < -0.39 is 33.6 Å². The van der Waals surface area contributed by atoms with Gasteiger partial charge in [0.25, 0.3) is 0 Å². The summed E-state index contributed by atoms with van der Waals surface area (Å²) in [5.74, 6) is -2.56. The Morgan fingerprint density at radius 2 is 1.91 bits per heavy atom. The third-order valence-electron chi connectivity index (χ3n) is 4.48. The molecule has 0 radical (unpaired) electrons. The SMILES string of the molecule is CC(C)c1nc(CCOC(N)=O)n(Cc2cccnc2)c1S(=O)(=O)Oc1cc(F)cc(F)c1. The van der Waals surface area contributed by atoms with Gasteiger partial charge in [-0.1, -0.05) is 19.9 Å². The van der Waals surface area contributed by atoms with Crippen LogP contribution in [0.25, 0.3) is 0 Å². The molecular formula is C21H22F2N4O5S. The first-order valence-electron chi connectivity index (χ1n) is 9.88. The van der Waals surface area contributed by atoms with Crippen molar-refractivity contribution in [3.63, 3.8) is 0 Å². The standard InChI is InChI=1S/C21H22F2N4O5S/c1-13(2)19-20(33(29,30)32-17-9-15(22)8-16(23)10-17)27(12-14-4-3-6-25-11-14)18(26-19)5-7-31-21(24)28/h3-4,6,8-11,13H,5,7,12H2,1-2H3,(H2,24,28). The highest BCUT2D eigenvalue weighted by molar-refractivity contribution is 7.87. The van der Waals surface area contributed by atoms with E-state index in [4.69, 9.17) is 14.7 Å². The predicted octanol–water partition coefficient (Wildman–Crippen LogP) is 3.13. The van der Waals surface area contributed by atoms with Crippen LogP contribution in [-0.4, -0.2) is 35.7 Å². The summed E-state index contributed by atoms with van der Waals surface area (Å²) in [6.07, 6.45) is 2.21. The highest BCUT2D eigenvalue weighted by Gasteiger charge is 2.31. The lowest BCUT2D eigenvalue weighted by Crippen LogP contribution is -2.20. The van der Waals surface area contributed by atoms with Gasteiger partial charge < -0.3 is 19.2 Å². The quantitative estimate of drug-likeness (QED) is 0.466. The summed E-state index contributed by atoms with van der Waals surface area (Å²) < 4.78 is 65.1. The Bertz CT molecular complexity index is 1230. The number of carbonyl (C=O) groups is 1. The number of aromatic nitrogens is 3. The Kier molecular flexibility index (Phi) is 7.26. The number of nitrogens with two attached hydrogens (primary N) is 1. The minimum absolute atomic E-state index is 0.0505. The van der Waals surface area contributed by atoms with Crippen LogP contribution in [0.3, 0.4) is 0 Å². The van der Waals surface area contributed by atoms with Crippen LogP contribution >= 0.6 is 0 Å². The molecule has 0 saturated heterocycles. The zero-order chi connectivity index (χ0) is 24.2. The maximum atomic E-state index is 13.6. The Hall–Kier alpha value is -3.54. The van der Waals surface area contributed by atoms with E-state index in [9.17, 15) is 22.0 Å². The fraction of sp³-hybridized carbons (Fsp3) is 0.286. The highest BCUT2D eigenvalue weighted by atomic mass is 32.2. The number of nitrogens with zero attached hydrogens (tertiary/aromatic N) is 3. The second-order valence-corrected chi connectivity index (χ2v) is 8.84. The smallest absolute Gasteiger partial charge is 0.404 e. The average molecular weight is 480 g/mol. The van der Waals surface area contributed by atoms with Gasteiger partial charge in [-0.3, -0.25) is 4.98 Å². The maximum absolute atomic E-state index is 13.6. The number of primary amides is 1. The van der Waals surface area contributed by atoms with Gasteiger partial charge in [-0.15, -0.1) is 0 Å². The normalized spacial score (nSPS) is 11.5. The fourth-order valence-corrected chi connectivity index (χ4v) is 4.56. The molecule has 2 N–H and O–H groups in total. The van der Waals surface area contributed by atoms with Crippen molar-refractivity contribution in [2.45, 2.75) is 37.8 Å². The van der Waals surface area contributed by atoms with Crippen LogP contribution in [0.5, 0.6) is 5.75 Å². The van der Waals surface area contributed by atoms with Gasteiger partial charge in [0.1, 0.15) is 29.8 Å². The van der Waals surface area contributed by atoms with Crippen molar-refractivity contribution in [2.24, 2.45) is 5.73 Å². The number of benzene rings is 1. The molecule has 2 aromatic heterocycles. The molecule has 1 amide bonds. The lowest BCUT2D eigenvalue weighted by Gasteiger charge is -2.15. The summed E-state index contributed by atoms with van der Waals surface area (Å²) in [5, 5.41) is -0.278. The third-order valence-corrected chi connectivity index (χ3v) is 5.80. The van der Waals surface area contributed by atoms with Gasteiger partial charge >= 0.3 is 16.2 Å². The first-order valence-corrected chi connectivity index (χ1v) is 11.3. The third kappa shape index (κ3) is 6.04. The molecule has 9 nitrogen and oxygen atoms in total. The molecule has 3 aromatic rings. The molecule has 0 aliphatic heterocycles. The van der Waals surface area contributed by atoms with E-state index in [1.54, 1.807) is 38.4 Å². The van der Waals surface area contributed by atoms with Gasteiger partial charge in [-0.2, -0.15) is 8.42 Å². The van der Waals surface area contributed by atoms with Crippen LogP contribution in [0.15, 0.2) is 47.8 Å². The van der Waals surface area contributed by atoms with Crippen LogP contribution in [0.1, 0.15) is 36.8 Å². The number of ether oxygens (including phenoxy) is 1. The zero-order valence-electron chi connectivity index (χ0n) is 17.9. The number of hydrogen-bond acceptors (Lipinski definition) is 7. The number of amides is 1. The number of imidazole rings is 1. The van der Waals surface area contributed by atoms with Crippen molar-refractivity contribution in [3.8, 4) is 5.75 Å². The van der Waals surface area contributed by atoms with Crippen molar-refractivity contribution in [1.29, 1.82) is 0 Å². The van der Waals surface area contributed by atoms with Gasteiger partial charge in [-0.25, -0.2) is 18.6 Å². The van der Waals surface area contributed by atoms with Crippen LogP contribution < -0.4 is 9.92 Å². The lowest BCUT2D eigenvalue weighted by molar-refractivity contribution is 0.157. The van der Waals surface area contributed by atoms with Crippen molar-refractivity contribution in [2.75, 3.05) is 6.61 Å². The molecule has 33 heavy (non-hydrogen) atoms. The summed E-state index contributed by atoms with van der Waals surface area (Å²) >= 11 is 0. The average Bonchev–Trinajstić information content (AvgIpc) is 3.07. The monoisotopic (exact) mass is 480 g/mol. The van der Waals surface area contributed by atoms with E-state index in [2.05, 4.69) is 9.97 Å². The second kappa shape index (κ2) is 9.94. The molecule has 3 rings (SSSR count). The van der Waals surface area contributed by atoms with E-state index >= 15 is 0 Å². The molecule has 2 heterocycles. The summed E-state index contributed by atoms with van der Waals surface area (Å²) in [6.45, 7) is 3.39. The Labute approximate surface area is 189 Å². The predicted molar refractivity (Wildman–Crippen MR) is 113 cm³/mol. The lowest BCUT2D eigenvalue weighted by atomic mass is 10.1. The first kappa shape index (κ1) is 24.1. The van der Waals surface area contributed by atoms with E-state index in [1.165, 1.54) is 4.57 Å². The Morgan fingerprint density at radius 1 is 1.21 bits per heavy atom. The van der Waals surface area contributed by atoms with Gasteiger partial charge in [-0.05, 0) is 17.5 Å². The van der Waals surface area contributed by atoms with E-state index in [0.29, 0.717) is 11.6 Å². The number of pyridine rings is 1. The fourth-order valence-electron chi connectivity index (χ4n) is 3.16. The molecule has 0 bridgehead atoms. The highest BCUT2D eigenvalue weighted by Crippen LogP contribution is 2.29. The molecule has 0 unspecified atom stereocenters. The molecule has 0 atom stereocenters. The molecule has 0 fully saturated rings. The topological polar surface area (TPSA) is 126 Å². The largest absolute Gasteiger partial charge is 0.449 e. The molecular weight excluding hydrogens is 458 g/mol. The number of halogens is 2. The van der Waals surface area contributed by atoms with E-state index in [0.717, 1.165) is 12.1 Å². The molecule has 1 aromatic carbocycles. The zero-order valence-corrected chi connectivity index (χ0v) is 18.7. The Balaban J connectivity index is 2.11. The van der Waals surface area contributed by atoms with E-state index in [-0.39, 0.29) is 42.0 Å². The molecule has 0 spiro atoms. The minimum Gasteiger partial charge on any atom is -0.449 e. The minimum atomic E-state index is -4.58. The van der Waals surface area contributed by atoms with E-state index in [1.807, 2.05) is 0 Å². The number of carbonyl (C=O) groups excluding carboxylic acids is 1. The maximum Gasteiger partial charge on any atom is 0.404 e. The molecule has 0 aliphatic carbocycles. The van der Waals surface area contributed by atoms with Crippen molar-refractivity contribution < 1.29 is 30.9 Å². The summed E-state index contributed by atoms with van der Waals surface area (Å²) in [4.78, 5) is 19.4. The van der Waals surface area contributed by atoms with Gasteiger partial charge in [0, 0.05) is 37.0 Å². The van der Waals surface area contributed by atoms with Crippen molar-refractivity contribution >= 4 is 16.2 Å². The van der Waals surface area contributed by atoms with Crippen LogP contribution in [0.4, 0.5) is 13.6 Å².